The second kappa shape index (κ2) is 13.6. The van der Waals surface area contributed by atoms with Crippen LogP contribution >= 0.6 is 11.6 Å². The van der Waals surface area contributed by atoms with E-state index in [4.69, 9.17) is 16.3 Å². The molecule has 2 N–H and O–H groups in total. The Balaban J connectivity index is 1.73. The lowest BCUT2D eigenvalue weighted by Crippen LogP contribution is -2.33. The zero-order valence-corrected chi connectivity index (χ0v) is 25.4. The Morgan fingerprint density at radius 2 is 1.34 bits per heavy atom. The van der Waals surface area contributed by atoms with Crippen molar-refractivity contribution in [2.45, 2.75) is 24.1 Å². The number of ether oxygens (including phenoxy) is 1. The van der Waals surface area contributed by atoms with Crippen LogP contribution in [0.3, 0.4) is 0 Å². The molecule has 1 unspecified atom stereocenters. The molecule has 248 valence electrons. The van der Waals surface area contributed by atoms with Crippen LogP contribution in [0, 0.1) is 5.82 Å². The maximum atomic E-state index is 13.6. The fraction of sp³-hybridized carbons (Fsp3) is 0.161. The summed E-state index contributed by atoms with van der Waals surface area (Å²) < 4.78 is 122. The summed E-state index contributed by atoms with van der Waals surface area (Å²) in [6, 6.07) is 15.6. The zero-order chi connectivity index (χ0) is 34.7. The van der Waals surface area contributed by atoms with Gasteiger partial charge in [0.1, 0.15) is 5.82 Å². The molecule has 0 radical (unpaired) electrons. The number of methoxy groups -OCH3 is 1. The van der Waals surface area contributed by atoms with E-state index in [0.717, 1.165) is 55.6 Å². The van der Waals surface area contributed by atoms with Crippen molar-refractivity contribution >= 4 is 39.2 Å². The van der Waals surface area contributed by atoms with E-state index >= 15 is 0 Å². The first-order chi connectivity index (χ1) is 21.9. The summed E-state index contributed by atoms with van der Waals surface area (Å²) in [5.74, 6) is -2.56. The van der Waals surface area contributed by atoms with E-state index in [1.807, 2.05) is 0 Å². The molecule has 4 rings (SSSR count). The quantitative estimate of drug-likeness (QED) is 0.136. The van der Waals surface area contributed by atoms with Gasteiger partial charge in [-0.25, -0.2) is 4.39 Å². The zero-order valence-electron chi connectivity index (χ0n) is 23.8. The van der Waals surface area contributed by atoms with Crippen molar-refractivity contribution in [1.82, 2.24) is 5.32 Å². The minimum absolute atomic E-state index is 0.0608. The molecule has 0 fully saturated rings. The number of halogens is 8. The topological polar surface area (TPSA) is 102 Å². The van der Waals surface area contributed by atoms with Crippen LogP contribution in [0.4, 0.5) is 36.4 Å². The van der Waals surface area contributed by atoms with Gasteiger partial charge in [0.05, 0.1) is 41.4 Å². The number of alkyl halides is 6. The van der Waals surface area contributed by atoms with Gasteiger partial charge < -0.3 is 10.1 Å². The average molecular weight is 703 g/mol. The van der Waals surface area contributed by atoms with Crippen molar-refractivity contribution < 1.29 is 53.5 Å². The molecule has 4 aromatic rings. The van der Waals surface area contributed by atoms with E-state index in [-0.39, 0.29) is 16.1 Å². The molecule has 16 heteroatoms. The SMILES string of the molecule is COC(=O)CC(NC(=O)c1cc(-c2ccc(C(F)(F)F)cc2)ccc1NS(=O)(=O)C(F)(F)F)c1ccc(-c2ccc(F)c(Cl)c2)cc1. The van der Waals surface area contributed by atoms with Crippen molar-refractivity contribution in [3.63, 3.8) is 0 Å². The van der Waals surface area contributed by atoms with Gasteiger partial charge in [0, 0.05) is 0 Å². The third-order valence-electron chi connectivity index (χ3n) is 6.83. The number of benzene rings is 4. The van der Waals surface area contributed by atoms with E-state index in [0.29, 0.717) is 16.7 Å². The van der Waals surface area contributed by atoms with Crippen LogP contribution in [-0.2, 0) is 25.7 Å². The van der Waals surface area contributed by atoms with Crippen LogP contribution in [0.1, 0.15) is 33.9 Å². The highest BCUT2D eigenvalue weighted by molar-refractivity contribution is 7.93. The molecule has 0 bridgehead atoms. The minimum atomic E-state index is -6.01. The van der Waals surface area contributed by atoms with Crippen LogP contribution in [0.2, 0.25) is 5.02 Å². The molecular formula is C31H22ClF7N2O5S. The summed E-state index contributed by atoms with van der Waals surface area (Å²) in [4.78, 5) is 25.9. The first kappa shape index (κ1) is 35.2. The molecule has 0 saturated heterocycles. The normalized spacial score (nSPS) is 12.7. The molecular weight excluding hydrogens is 681 g/mol. The Morgan fingerprint density at radius 3 is 1.87 bits per heavy atom. The summed E-state index contributed by atoms with van der Waals surface area (Å²) >= 11 is 5.86. The maximum Gasteiger partial charge on any atom is 0.516 e. The molecule has 0 saturated carbocycles. The maximum absolute atomic E-state index is 13.6. The lowest BCUT2D eigenvalue weighted by Gasteiger charge is -2.21. The molecule has 47 heavy (non-hydrogen) atoms. The van der Waals surface area contributed by atoms with E-state index in [9.17, 15) is 48.7 Å². The summed E-state index contributed by atoms with van der Waals surface area (Å²) in [7, 11) is -4.93. The number of anilines is 1. The number of rotatable bonds is 9. The standard InChI is InChI=1S/C31H22ClF7N2O5S/c1-46-28(42)16-27(19-4-2-17(3-5-19)21-8-12-25(33)24(32)15-21)40-29(43)23-14-20(18-6-10-22(11-7-18)30(34,35)36)9-13-26(23)41-47(44,45)31(37,38)39/h2-15,27,41H,16H2,1H3,(H,40,43). The predicted molar refractivity (Wildman–Crippen MR) is 159 cm³/mol. The van der Waals surface area contributed by atoms with E-state index in [1.165, 1.54) is 29.0 Å². The van der Waals surface area contributed by atoms with Crippen LogP contribution in [-0.4, -0.2) is 32.9 Å². The average Bonchev–Trinajstić information content (AvgIpc) is 3.01. The molecule has 0 heterocycles. The van der Waals surface area contributed by atoms with Gasteiger partial charge in [0.2, 0.25) is 0 Å². The first-order valence-corrected chi connectivity index (χ1v) is 15.1. The van der Waals surface area contributed by atoms with Gasteiger partial charge in [-0.1, -0.05) is 60.1 Å². The number of sulfonamides is 1. The summed E-state index contributed by atoms with van der Waals surface area (Å²) in [5, 5.41) is 2.36. The van der Waals surface area contributed by atoms with Crippen molar-refractivity contribution in [2.24, 2.45) is 0 Å². The third kappa shape index (κ3) is 8.40. The number of carbonyl (C=O) groups excluding carboxylic acids is 2. The second-order valence-corrected chi connectivity index (χ2v) is 12.0. The van der Waals surface area contributed by atoms with Gasteiger partial charge in [0.15, 0.2) is 0 Å². The molecule has 0 aliphatic heterocycles. The molecule has 7 nitrogen and oxygen atoms in total. The first-order valence-electron chi connectivity index (χ1n) is 13.2. The summed E-state index contributed by atoms with van der Waals surface area (Å²) in [5.41, 5.74) is -6.55. The van der Waals surface area contributed by atoms with Crippen LogP contribution < -0.4 is 10.0 Å². The fourth-order valence-electron chi connectivity index (χ4n) is 4.38. The van der Waals surface area contributed by atoms with E-state index < -0.39 is 68.7 Å². The second-order valence-electron chi connectivity index (χ2n) is 9.94. The number of amides is 1. The van der Waals surface area contributed by atoms with Gasteiger partial charge in [-0.15, -0.1) is 0 Å². The summed E-state index contributed by atoms with van der Waals surface area (Å²) in [6.07, 6.45) is -5.12. The number of hydrogen-bond acceptors (Lipinski definition) is 5. The Bertz CT molecular complexity index is 1900. The Hall–Kier alpha value is -4.63. The van der Waals surface area contributed by atoms with E-state index in [2.05, 4.69) is 5.32 Å². The minimum Gasteiger partial charge on any atom is -0.469 e. The molecule has 0 aliphatic carbocycles. The van der Waals surface area contributed by atoms with Crippen molar-refractivity contribution in [3.8, 4) is 22.3 Å². The van der Waals surface area contributed by atoms with Crippen LogP contribution in [0.15, 0.2) is 84.9 Å². The van der Waals surface area contributed by atoms with Gasteiger partial charge in [-0.3, -0.25) is 14.3 Å². The molecule has 1 atom stereocenters. The number of hydrogen-bond donors (Lipinski definition) is 2. The Kier molecular flexibility index (Phi) is 10.2. The van der Waals surface area contributed by atoms with Crippen LogP contribution in [0.5, 0.6) is 0 Å². The van der Waals surface area contributed by atoms with Crippen molar-refractivity contribution in [3.05, 3.63) is 112 Å². The van der Waals surface area contributed by atoms with Crippen molar-refractivity contribution in [2.75, 3.05) is 11.8 Å². The Morgan fingerprint density at radius 1 is 0.809 bits per heavy atom. The highest BCUT2D eigenvalue weighted by Crippen LogP contribution is 2.34. The Labute approximate surface area is 268 Å². The largest absolute Gasteiger partial charge is 0.516 e. The monoisotopic (exact) mass is 702 g/mol. The molecule has 0 aliphatic rings. The lowest BCUT2D eigenvalue weighted by molar-refractivity contribution is -0.141. The van der Waals surface area contributed by atoms with Gasteiger partial charge in [0.25, 0.3) is 5.91 Å². The molecule has 0 spiro atoms. The smallest absolute Gasteiger partial charge is 0.469 e. The van der Waals surface area contributed by atoms with Crippen LogP contribution in [0.25, 0.3) is 22.3 Å². The third-order valence-corrected chi connectivity index (χ3v) is 8.22. The number of carbonyl (C=O) groups is 2. The number of nitrogens with one attached hydrogen (secondary N) is 2. The van der Waals surface area contributed by atoms with Gasteiger partial charge in [-0.05, 0) is 64.2 Å². The summed E-state index contributed by atoms with van der Waals surface area (Å²) in [6.45, 7) is 0. The fourth-order valence-corrected chi connectivity index (χ4v) is 5.14. The highest BCUT2D eigenvalue weighted by Gasteiger charge is 2.46. The highest BCUT2D eigenvalue weighted by atomic mass is 35.5. The number of esters is 1. The molecule has 0 aromatic heterocycles. The molecule has 1 amide bonds. The van der Waals surface area contributed by atoms with Crippen molar-refractivity contribution in [1.29, 1.82) is 0 Å². The van der Waals surface area contributed by atoms with Gasteiger partial charge in [-0.2, -0.15) is 34.8 Å². The molecule has 4 aromatic carbocycles. The predicted octanol–water partition coefficient (Wildman–Crippen LogP) is 8.13. The van der Waals surface area contributed by atoms with E-state index in [1.54, 1.807) is 12.1 Å². The van der Waals surface area contributed by atoms with Gasteiger partial charge >= 0.3 is 27.7 Å². The lowest BCUT2D eigenvalue weighted by atomic mass is 9.97.